The average molecular weight is 395 g/mol. The topological polar surface area (TPSA) is 81.1 Å². The summed E-state index contributed by atoms with van der Waals surface area (Å²) in [4.78, 5) is 12.6. The van der Waals surface area contributed by atoms with Crippen molar-refractivity contribution in [2.24, 2.45) is 0 Å². The van der Waals surface area contributed by atoms with Crippen molar-refractivity contribution in [3.8, 4) is 11.3 Å². The molecule has 1 aromatic heterocycles. The Labute approximate surface area is 164 Å². The van der Waals surface area contributed by atoms with Gasteiger partial charge in [-0.15, -0.1) is 0 Å². The third-order valence-electron chi connectivity index (χ3n) is 4.83. The number of anilines is 1. The molecule has 0 saturated carbocycles. The zero-order chi connectivity index (χ0) is 19.6. The van der Waals surface area contributed by atoms with Gasteiger partial charge in [-0.1, -0.05) is 60.7 Å². The Bertz CT molecular complexity index is 1080. The van der Waals surface area contributed by atoms with Gasteiger partial charge in [-0.2, -0.15) is 5.10 Å². The van der Waals surface area contributed by atoms with E-state index < -0.39 is 9.84 Å². The Morgan fingerprint density at radius 1 is 1.07 bits per heavy atom. The van der Waals surface area contributed by atoms with E-state index in [0.717, 1.165) is 11.1 Å². The number of nitrogens with zero attached hydrogens (tertiary/aromatic N) is 2. The number of hydrogen-bond donors (Lipinski definition) is 1. The predicted molar refractivity (Wildman–Crippen MR) is 109 cm³/mol. The molecule has 0 spiro atoms. The minimum Gasteiger partial charge on any atom is -0.311 e. The van der Waals surface area contributed by atoms with Crippen LogP contribution in [0, 0.1) is 0 Å². The van der Waals surface area contributed by atoms with E-state index in [2.05, 4.69) is 10.4 Å². The number of carbonyl (C=O) groups is 1. The van der Waals surface area contributed by atoms with Crippen molar-refractivity contribution in [1.29, 1.82) is 0 Å². The van der Waals surface area contributed by atoms with Crippen LogP contribution in [0.1, 0.15) is 18.0 Å². The lowest BCUT2D eigenvalue weighted by Gasteiger charge is -2.13. The van der Waals surface area contributed by atoms with E-state index in [4.69, 9.17) is 0 Å². The van der Waals surface area contributed by atoms with Gasteiger partial charge in [0.15, 0.2) is 9.84 Å². The van der Waals surface area contributed by atoms with E-state index in [-0.39, 0.29) is 29.9 Å². The van der Waals surface area contributed by atoms with Crippen molar-refractivity contribution in [2.45, 2.75) is 18.9 Å². The summed E-state index contributed by atoms with van der Waals surface area (Å²) in [5.74, 6) is 0.565. The first-order valence-electron chi connectivity index (χ1n) is 9.19. The lowest BCUT2D eigenvalue weighted by molar-refractivity contribution is -0.115. The molecular weight excluding hydrogens is 374 g/mol. The summed E-state index contributed by atoms with van der Waals surface area (Å²) in [5.41, 5.74) is 2.54. The van der Waals surface area contributed by atoms with Crippen LogP contribution in [0.5, 0.6) is 0 Å². The first kappa shape index (κ1) is 18.4. The molecule has 1 aliphatic rings. The number of carbonyl (C=O) groups excluding carboxylic acids is 1. The largest absolute Gasteiger partial charge is 0.311 e. The van der Waals surface area contributed by atoms with Gasteiger partial charge >= 0.3 is 0 Å². The minimum absolute atomic E-state index is 0.0461. The summed E-state index contributed by atoms with van der Waals surface area (Å²) < 4.78 is 25.5. The normalized spacial score (nSPS) is 18.1. The van der Waals surface area contributed by atoms with Crippen LogP contribution in [0.2, 0.25) is 0 Å². The molecule has 1 saturated heterocycles. The highest BCUT2D eigenvalue weighted by atomic mass is 32.2. The van der Waals surface area contributed by atoms with Crippen molar-refractivity contribution < 1.29 is 13.2 Å². The standard InChI is InChI=1S/C21H21N3O3S/c25-21(13-16-7-3-1-4-8-16)22-20-14-19(17-9-5-2-6-10-17)23-24(20)18-11-12-28(26,27)15-18/h1-10,14,18H,11-13,15H2,(H,22,25)/t18-/m0/s1. The van der Waals surface area contributed by atoms with Crippen LogP contribution >= 0.6 is 0 Å². The lowest BCUT2D eigenvalue weighted by atomic mass is 10.1. The Morgan fingerprint density at radius 2 is 1.75 bits per heavy atom. The molecule has 2 heterocycles. The van der Waals surface area contributed by atoms with E-state index in [0.29, 0.717) is 17.9 Å². The van der Waals surface area contributed by atoms with Gasteiger partial charge < -0.3 is 5.32 Å². The molecule has 1 amide bonds. The highest BCUT2D eigenvalue weighted by molar-refractivity contribution is 7.91. The molecule has 0 bridgehead atoms. The third kappa shape index (κ3) is 4.14. The second kappa shape index (κ2) is 7.59. The van der Waals surface area contributed by atoms with Crippen LogP contribution in [-0.4, -0.2) is 35.6 Å². The number of aromatic nitrogens is 2. The van der Waals surface area contributed by atoms with Crippen LogP contribution in [0.25, 0.3) is 11.3 Å². The number of sulfone groups is 1. The zero-order valence-electron chi connectivity index (χ0n) is 15.3. The number of nitrogens with one attached hydrogen (secondary N) is 1. The predicted octanol–water partition coefficient (Wildman–Crippen LogP) is 3.09. The highest BCUT2D eigenvalue weighted by Crippen LogP contribution is 2.30. The third-order valence-corrected chi connectivity index (χ3v) is 6.58. The molecule has 144 valence electrons. The molecule has 0 aliphatic carbocycles. The molecule has 2 aromatic carbocycles. The maximum Gasteiger partial charge on any atom is 0.229 e. The second-order valence-electron chi connectivity index (χ2n) is 6.99. The highest BCUT2D eigenvalue weighted by Gasteiger charge is 2.31. The van der Waals surface area contributed by atoms with Gasteiger partial charge in [-0.25, -0.2) is 13.1 Å². The smallest absolute Gasteiger partial charge is 0.229 e. The van der Waals surface area contributed by atoms with E-state index in [9.17, 15) is 13.2 Å². The van der Waals surface area contributed by atoms with Crippen molar-refractivity contribution in [3.05, 3.63) is 72.3 Å². The molecule has 1 atom stereocenters. The van der Waals surface area contributed by atoms with Crippen LogP contribution < -0.4 is 5.32 Å². The van der Waals surface area contributed by atoms with E-state index in [1.54, 1.807) is 4.68 Å². The van der Waals surface area contributed by atoms with Crippen molar-refractivity contribution in [2.75, 3.05) is 16.8 Å². The summed E-state index contributed by atoms with van der Waals surface area (Å²) in [6, 6.07) is 20.7. The second-order valence-corrected chi connectivity index (χ2v) is 9.22. The molecule has 3 aromatic rings. The molecule has 1 aliphatic heterocycles. The lowest BCUT2D eigenvalue weighted by Crippen LogP contribution is -2.20. The molecular formula is C21H21N3O3S. The van der Waals surface area contributed by atoms with Crippen LogP contribution in [-0.2, 0) is 21.1 Å². The van der Waals surface area contributed by atoms with E-state index >= 15 is 0 Å². The van der Waals surface area contributed by atoms with Gasteiger partial charge in [-0.05, 0) is 12.0 Å². The van der Waals surface area contributed by atoms with Gasteiger partial charge in [0.05, 0.1) is 29.7 Å². The first-order valence-corrected chi connectivity index (χ1v) is 11.0. The number of hydrogen-bond acceptors (Lipinski definition) is 4. The number of benzene rings is 2. The Kier molecular flexibility index (Phi) is 5.00. The SMILES string of the molecule is O=C(Cc1ccccc1)Nc1cc(-c2ccccc2)nn1[C@H]1CCS(=O)(=O)C1. The molecule has 1 fully saturated rings. The van der Waals surface area contributed by atoms with Crippen molar-refractivity contribution in [3.63, 3.8) is 0 Å². The summed E-state index contributed by atoms with van der Waals surface area (Å²) in [6.45, 7) is 0. The minimum atomic E-state index is -3.07. The summed E-state index contributed by atoms with van der Waals surface area (Å²) >= 11 is 0. The molecule has 4 rings (SSSR count). The molecule has 6 nitrogen and oxygen atoms in total. The van der Waals surface area contributed by atoms with Gasteiger partial charge in [0.2, 0.25) is 5.91 Å². The van der Waals surface area contributed by atoms with Crippen LogP contribution in [0.15, 0.2) is 66.7 Å². The van der Waals surface area contributed by atoms with Gasteiger partial charge in [-0.3, -0.25) is 4.79 Å². The molecule has 28 heavy (non-hydrogen) atoms. The summed E-state index contributed by atoms with van der Waals surface area (Å²) in [7, 11) is -3.07. The summed E-state index contributed by atoms with van der Waals surface area (Å²) in [6.07, 6.45) is 0.745. The van der Waals surface area contributed by atoms with Crippen molar-refractivity contribution in [1.82, 2.24) is 9.78 Å². The Hall–Kier alpha value is -2.93. The van der Waals surface area contributed by atoms with E-state index in [1.807, 2.05) is 66.7 Å². The van der Waals surface area contributed by atoms with Crippen LogP contribution in [0.4, 0.5) is 5.82 Å². The molecule has 0 radical (unpaired) electrons. The van der Waals surface area contributed by atoms with Crippen molar-refractivity contribution >= 4 is 21.6 Å². The van der Waals surface area contributed by atoms with Gasteiger partial charge in [0.25, 0.3) is 0 Å². The molecule has 1 N–H and O–H groups in total. The maximum absolute atomic E-state index is 12.6. The monoisotopic (exact) mass is 395 g/mol. The fraction of sp³-hybridized carbons (Fsp3) is 0.238. The Morgan fingerprint density at radius 3 is 2.39 bits per heavy atom. The fourth-order valence-electron chi connectivity index (χ4n) is 3.45. The Balaban J connectivity index is 1.62. The average Bonchev–Trinajstić information content (AvgIpc) is 3.26. The quantitative estimate of drug-likeness (QED) is 0.720. The van der Waals surface area contributed by atoms with E-state index in [1.165, 1.54) is 0 Å². The first-order chi connectivity index (χ1) is 13.5. The maximum atomic E-state index is 12.6. The van der Waals surface area contributed by atoms with Gasteiger partial charge in [0, 0.05) is 11.6 Å². The summed E-state index contributed by atoms with van der Waals surface area (Å²) in [5, 5.41) is 7.55. The number of amides is 1. The van der Waals surface area contributed by atoms with Crippen LogP contribution in [0.3, 0.4) is 0 Å². The molecule has 7 heteroatoms. The fourth-order valence-corrected chi connectivity index (χ4v) is 5.14. The molecule has 0 unspecified atom stereocenters. The van der Waals surface area contributed by atoms with Gasteiger partial charge in [0.1, 0.15) is 5.82 Å². The zero-order valence-corrected chi connectivity index (χ0v) is 16.1. The number of rotatable bonds is 5.